The minimum Gasteiger partial charge on any atom is -0.399 e. The standard InChI is InChI=1S/C19H23N7/c20-10-12-7-14(22)9-15(8-12)23-19-24-17-5-1-4-16(17)18(25-19)26-6-2-3-13(21)11-26/h7-9,13H,1-6,11,21-22H2,(H,23,24,25)/t13-/m1/s1. The first kappa shape index (κ1) is 16.6. The van der Waals surface area contributed by atoms with Crippen molar-refractivity contribution < 1.29 is 0 Å². The van der Waals surface area contributed by atoms with Crippen LogP contribution in [0.5, 0.6) is 0 Å². The molecule has 2 aromatic rings. The number of aryl methyl sites for hydroxylation is 1. The van der Waals surface area contributed by atoms with Crippen LogP contribution in [0.1, 0.15) is 36.1 Å². The highest BCUT2D eigenvalue weighted by molar-refractivity contribution is 5.65. The van der Waals surface area contributed by atoms with E-state index in [1.165, 1.54) is 5.56 Å². The Hall–Kier alpha value is -2.85. The smallest absolute Gasteiger partial charge is 0.229 e. The van der Waals surface area contributed by atoms with Crippen LogP contribution < -0.4 is 21.7 Å². The van der Waals surface area contributed by atoms with Gasteiger partial charge in [0.1, 0.15) is 5.82 Å². The molecule has 7 nitrogen and oxygen atoms in total. The zero-order valence-electron chi connectivity index (χ0n) is 14.7. The molecule has 0 bridgehead atoms. The van der Waals surface area contributed by atoms with Gasteiger partial charge in [0.05, 0.1) is 17.3 Å². The van der Waals surface area contributed by atoms with E-state index in [0.717, 1.165) is 62.4 Å². The maximum absolute atomic E-state index is 9.14. The number of anilines is 4. The summed E-state index contributed by atoms with van der Waals surface area (Å²) in [5.74, 6) is 1.56. The van der Waals surface area contributed by atoms with Crippen molar-refractivity contribution in [2.24, 2.45) is 5.73 Å². The normalized spacial score (nSPS) is 19.1. The highest BCUT2D eigenvalue weighted by Gasteiger charge is 2.26. The number of nitrogens with zero attached hydrogens (tertiary/aromatic N) is 4. The van der Waals surface area contributed by atoms with Gasteiger partial charge in [-0.25, -0.2) is 4.98 Å². The van der Waals surface area contributed by atoms with Crippen LogP contribution in [0, 0.1) is 11.3 Å². The van der Waals surface area contributed by atoms with Crippen LogP contribution in [0.15, 0.2) is 18.2 Å². The molecule has 0 amide bonds. The van der Waals surface area contributed by atoms with Gasteiger partial charge in [-0.3, -0.25) is 0 Å². The van der Waals surface area contributed by atoms with Crippen molar-refractivity contribution in [3.05, 3.63) is 35.0 Å². The van der Waals surface area contributed by atoms with Crippen LogP contribution in [-0.4, -0.2) is 29.1 Å². The SMILES string of the molecule is N#Cc1cc(N)cc(Nc2nc3c(c(N4CCC[C@@H](N)C4)n2)CCC3)c1. The van der Waals surface area contributed by atoms with Crippen LogP contribution in [-0.2, 0) is 12.8 Å². The van der Waals surface area contributed by atoms with E-state index in [1.807, 2.05) is 0 Å². The Kier molecular flexibility index (Phi) is 4.35. The number of aromatic nitrogens is 2. The van der Waals surface area contributed by atoms with E-state index < -0.39 is 0 Å². The zero-order chi connectivity index (χ0) is 18.1. The van der Waals surface area contributed by atoms with E-state index in [0.29, 0.717) is 17.2 Å². The third-order valence-corrected chi connectivity index (χ3v) is 5.01. The topological polar surface area (TPSA) is 117 Å². The highest BCUT2D eigenvalue weighted by atomic mass is 15.2. The summed E-state index contributed by atoms with van der Waals surface area (Å²) in [5, 5.41) is 12.4. The summed E-state index contributed by atoms with van der Waals surface area (Å²) in [6.45, 7) is 1.81. The molecule has 5 N–H and O–H groups in total. The van der Waals surface area contributed by atoms with Gasteiger partial charge < -0.3 is 21.7 Å². The molecule has 0 spiro atoms. The molecular formula is C19H23N7. The van der Waals surface area contributed by atoms with Crippen molar-refractivity contribution in [1.82, 2.24) is 9.97 Å². The van der Waals surface area contributed by atoms with Crippen LogP contribution in [0.2, 0.25) is 0 Å². The molecule has 0 radical (unpaired) electrons. The van der Waals surface area contributed by atoms with Crippen LogP contribution >= 0.6 is 0 Å². The van der Waals surface area contributed by atoms with E-state index in [4.69, 9.17) is 26.7 Å². The van der Waals surface area contributed by atoms with Gasteiger partial charge in [0, 0.05) is 36.1 Å². The number of benzene rings is 1. The predicted octanol–water partition coefficient (Wildman–Crippen LogP) is 2.09. The summed E-state index contributed by atoms with van der Waals surface area (Å²) in [5.41, 5.74) is 16.2. The number of nitriles is 1. The van der Waals surface area contributed by atoms with Crippen molar-refractivity contribution in [2.75, 3.05) is 29.0 Å². The molecule has 1 aromatic carbocycles. The minimum atomic E-state index is 0.194. The largest absolute Gasteiger partial charge is 0.399 e. The summed E-state index contributed by atoms with van der Waals surface area (Å²) in [6, 6.07) is 7.50. The van der Waals surface area contributed by atoms with Gasteiger partial charge in [0.15, 0.2) is 0 Å². The Bertz CT molecular complexity index is 871. The van der Waals surface area contributed by atoms with Gasteiger partial charge in [-0.1, -0.05) is 0 Å². The summed E-state index contributed by atoms with van der Waals surface area (Å²) in [6.07, 6.45) is 5.25. The fourth-order valence-corrected chi connectivity index (χ4v) is 3.85. The van der Waals surface area contributed by atoms with Crippen LogP contribution in [0.4, 0.5) is 23.1 Å². The second-order valence-corrected chi connectivity index (χ2v) is 7.08. The molecule has 2 aliphatic rings. The molecule has 1 fully saturated rings. The van der Waals surface area contributed by atoms with Crippen molar-refractivity contribution in [3.63, 3.8) is 0 Å². The fourth-order valence-electron chi connectivity index (χ4n) is 3.85. The van der Waals surface area contributed by atoms with E-state index in [-0.39, 0.29) is 6.04 Å². The van der Waals surface area contributed by atoms with Crippen LogP contribution in [0.25, 0.3) is 0 Å². The van der Waals surface area contributed by atoms with E-state index >= 15 is 0 Å². The summed E-state index contributed by atoms with van der Waals surface area (Å²) >= 11 is 0. The lowest BCUT2D eigenvalue weighted by atomic mass is 10.1. The Labute approximate surface area is 153 Å². The fraction of sp³-hybridized carbons (Fsp3) is 0.421. The van der Waals surface area contributed by atoms with Gasteiger partial charge in [-0.05, 0) is 50.3 Å². The third kappa shape index (κ3) is 3.28. The first-order chi connectivity index (χ1) is 12.6. The predicted molar refractivity (Wildman–Crippen MR) is 102 cm³/mol. The highest BCUT2D eigenvalue weighted by Crippen LogP contribution is 2.32. The second kappa shape index (κ2) is 6.81. The van der Waals surface area contributed by atoms with Crippen LogP contribution in [0.3, 0.4) is 0 Å². The van der Waals surface area contributed by atoms with Gasteiger partial charge in [-0.15, -0.1) is 0 Å². The maximum Gasteiger partial charge on any atom is 0.229 e. The molecule has 1 aromatic heterocycles. The second-order valence-electron chi connectivity index (χ2n) is 7.08. The number of hydrogen-bond acceptors (Lipinski definition) is 7. The first-order valence-electron chi connectivity index (χ1n) is 9.10. The van der Waals surface area contributed by atoms with Crippen molar-refractivity contribution >= 4 is 23.1 Å². The molecule has 1 aliphatic heterocycles. The lowest BCUT2D eigenvalue weighted by Gasteiger charge is -2.33. The molecule has 1 aliphatic carbocycles. The first-order valence-corrected chi connectivity index (χ1v) is 9.10. The Morgan fingerprint density at radius 1 is 1.19 bits per heavy atom. The average Bonchev–Trinajstić information content (AvgIpc) is 3.09. The van der Waals surface area contributed by atoms with Gasteiger partial charge in [0.2, 0.25) is 5.95 Å². The molecule has 1 atom stereocenters. The monoisotopic (exact) mass is 349 g/mol. The number of nitrogen functional groups attached to an aromatic ring is 1. The van der Waals surface area contributed by atoms with Crippen molar-refractivity contribution in [2.45, 2.75) is 38.1 Å². The summed E-state index contributed by atoms with van der Waals surface area (Å²) in [7, 11) is 0. The third-order valence-electron chi connectivity index (χ3n) is 5.01. The van der Waals surface area contributed by atoms with Gasteiger partial charge in [0.25, 0.3) is 0 Å². The molecule has 0 unspecified atom stereocenters. The molecule has 7 heteroatoms. The lowest BCUT2D eigenvalue weighted by Crippen LogP contribution is -2.43. The average molecular weight is 349 g/mol. The molecule has 26 heavy (non-hydrogen) atoms. The molecule has 0 saturated carbocycles. The van der Waals surface area contributed by atoms with E-state index in [2.05, 4.69) is 16.3 Å². The number of piperidine rings is 1. The van der Waals surface area contributed by atoms with E-state index in [1.54, 1.807) is 18.2 Å². The summed E-state index contributed by atoms with van der Waals surface area (Å²) in [4.78, 5) is 11.8. The van der Waals surface area contributed by atoms with Crippen molar-refractivity contribution in [1.29, 1.82) is 5.26 Å². The molecule has 4 rings (SSSR count). The lowest BCUT2D eigenvalue weighted by molar-refractivity contribution is 0.502. The number of rotatable bonds is 3. The number of nitrogens with two attached hydrogens (primary N) is 2. The number of nitrogens with one attached hydrogen (secondary N) is 1. The van der Waals surface area contributed by atoms with Crippen molar-refractivity contribution in [3.8, 4) is 6.07 Å². The maximum atomic E-state index is 9.14. The number of fused-ring (bicyclic) bond motifs is 1. The minimum absolute atomic E-state index is 0.194. The number of hydrogen-bond donors (Lipinski definition) is 3. The summed E-state index contributed by atoms with van der Waals surface area (Å²) < 4.78 is 0. The molecule has 2 heterocycles. The Balaban J connectivity index is 1.68. The van der Waals surface area contributed by atoms with Gasteiger partial charge in [-0.2, -0.15) is 10.2 Å². The Morgan fingerprint density at radius 3 is 2.88 bits per heavy atom. The molecule has 134 valence electrons. The molecular weight excluding hydrogens is 326 g/mol. The molecule has 1 saturated heterocycles. The Morgan fingerprint density at radius 2 is 2.08 bits per heavy atom. The zero-order valence-corrected chi connectivity index (χ0v) is 14.7. The van der Waals surface area contributed by atoms with E-state index in [9.17, 15) is 0 Å². The quantitative estimate of drug-likeness (QED) is 0.726. The van der Waals surface area contributed by atoms with Gasteiger partial charge >= 0.3 is 0 Å².